The molecule has 16 heavy (non-hydrogen) atoms. The Bertz CT molecular complexity index is 583. The Morgan fingerprint density at radius 1 is 1.50 bits per heavy atom. The van der Waals surface area contributed by atoms with Gasteiger partial charge in [0.1, 0.15) is 11.3 Å². The van der Waals surface area contributed by atoms with E-state index in [1.54, 1.807) is 28.5 Å². The van der Waals surface area contributed by atoms with Crippen LogP contribution >= 0.6 is 11.8 Å². The molecule has 0 spiro atoms. The molecular formula is C11H11FN2OS. The van der Waals surface area contributed by atoms with Crippen LogP contribution in [0.2, 0.25) is 0 Å². The highest BCUT2D eigenvalue weighted by molar-refractivity contribution is 7.99. The number of thioether (sulfide) groups is 1. The second-order valence-corrected chi connectivity index (χ2v) is 5.19. The summed E-state index contributed by atoms with van der Waals surface area (Å²) in [5.74, 6) is 0.704. The first kappa shape index (κ1) is 9.96. The van der Waals surface area contributed by atoms with Gasteiger partial charge in [-0.2, -0.15) is 0 Å². The molecule has 1 unspecified atom stereocenters. The summed E-state index contributed by atoms with van der Waals surface area (Å²) in [7, 11) is 0. The molecule has 1 N–H and O–H groups in total. The Labute approximate surface area is 95.7 Å². The molecule has 1 aromatic heterocycles. The van der Waals surface area contributed by atoms with Crippen LogP contribution in [0.4, 0.5) is 4.39 Å². The standard InChI is InChI=1S/C11H11FN2OS/c12-7-3-1-4-8-10(7)13-11(15)14(8)9-5-2-6-16-9/h1,3-4,9H,2,5-6H2,(H,13,15). The molecular weight excluding hydrogens is 227 g/mol. The number of hydrogen-bond donors (Lipinski definition) is 1. The molecule has 0 saturated carbocycles. The van der Waals surface area contributed by atoms with Crippen LogP contribution in [-0.4, -0.2) is 15.3 Å². The fourth-order valence-electron chi connectivity index (χ4n) is 2.16. The number of nitrogens with one attached hydrogen (secondary N) is 1. The van der Waals surface area contributed by atoms with Gasteiger partial charge in [0.05, 0.1) is 10.9 Å². The lowest BCUT2D eigenvalue weighted by Gasteiger charge is -2.10. The van der Waals surface area contributed by atoms with Gasteiger partial charge in [0.2, 0.25) is 0 Å². The molecule has 2 aromatic rings. The maximum atomic E-state index is 13.5. The molecule has 0 amide bonds. The van der Waals surface area contributed by atoms with E-state index in [0.29, 0.717) is 11.0 Å². The van der Waals surface area contributed by atoms with Crippen molar-refractivity contribution in [2.75, 3.05) is 5.75 Å². The Morgan fingerprint density at radius 3 is 3.12 bits per heavy atom. The van der Waals surface area contributed by atoms with E-state index in [2.05, 4.69) is 4.98 Å². The van der Waals surface area contributed by atoms with Crippen molar-refractivity contribution in [3.05, 3.63) is 34.5 Å². The number of H-pyrrole nitrogens is 1. The summed E-state index contributed by atoms with van der Waals surface area (Å²) >= 11 is 1.76. The van der Waals surface area contributed by atoms with Gasteiger partial charge >= 0.3 is 5.69 Å². The van der Waals surface area contributed by atoms with Crippen LogP contribution < -0.4 is 5.69 Å². The predicted octanol–water partition coefficient (Wildman–Crippen LogP) is 2.49. The Morgan fingerprint density at radius 2 is 2.38 bits per heavy atom. The second kappa shape index (κ2) is 3.66. The van der Waals surface area contributed by atoms with E-state index in [0.717, 1.165) is 18.6 Å². The third-order valence-electron chi connectivity index (χ3n) is 2.90. The minimum absolute atomic E-state index is 0.156. The number of fused-ring (bicyclic) bond motifs is 1. The summed E-state index contributed by atoms with van der Waals surface area (Å²) in [6, 6.07) is 4.79. The van der Waals surface area contributed by atoms with E-state index in [1.165, 1.54) is 6.07 Å². The summed E-state index contributed by atoms with van der Waals surface area (Å²) in [6.45, 7) is 0. The van der Waals surface area contributed by atoms with Gasteiger partial charge in [-0.05, 0) is 30.7 Å². The zero-order valence-electron chi connectivity index (χ0n) is 8.57. The SMILES string of the molecule is O=c1[nH]c2c(F)cccc2n1C1CCCS1. The maximum Gasteiger partial charge on any atom is 0.327 e. The highest BCUT2D eigenvalue weighted by Crippen LogP contribution is 2.36. The molecule has 2 heterocycles. The average Bonchev–Trinajstić information content (AvgIpc) is 2.85. The van der Waals surface area contributed by atoms with Gasteiger partial charge in [-0.15, -0.1) is 11.8 Å². The summed E-state index contributed by atoms with van der Waals surface area (Å²) < 4.78 is 15.2. The molecule has 3 nitrogen and oxygen atoms in total. The topological polar surface area (TPSA) is 37.8 Å². The second-order valence-electron chi connectivity index (χ2n) is 3.90. The first-order chi connectivity index (χ1) is 7.77. The van der Waals surface area contributed by atoms with E-state index >= 15 is 0 Å². The molecule has 0 aliphatic carbocycles. The monoisotopic (exact) mass is 238 g/mol. The fourth-order valence-corrected chi connectivity index (χ4v) is 3.46. The van der Waals surface area contributed by atoms with Gasteiger partial charge in [0, 0.05) is 0 Å². The molecule has 0 bridgehead atoms. The molecule has 1 aromatic carbocycles. The number of para-hydroxylation sites is 1. The molecule has 0 radical (unpaired) electrons. The van der Waals surface area contributed by atoms with E-state index in [9.17, 15) is 9.18 Å². The lowest BCUT2D eigenvalue weighted by molar-refractivity contribution is 0.636. The fraction of sp³-hybridized carbons (Fsp3) is 0.364. The Hall–Kier alpha value is -1.23. The first-order valence-corrected chi connectivity index (χ1v) is 6.32. The predicted molar refractivity (Wildman–Crippen MR) is 63.2 cm³/mol. The number of nitrogens with zero attached hydrogens (tertiary/aromatic N) is 1. The number of rotatable bonds is 1. The third kappa shape index (κ3) is 1.38. The zero-order chi connectivity index (χ0) is 11.1. The molecule has 3 rings (SSSR count). The molecule has 1 saturated heterocycles. The zero-order valence-corrected chi connectivity index (χ0v) is 9.39. The number of hydrogen-bond acceptors (Lipinski definition) is 2. The molecule has 84 valence electrons. The number of aromatic amines is 1. The van der Waals surface area contributed by atoms with Crippen LogP contribution in [0.3, 0.4) is 0 Å². The molecule has 5 heteroatoms. The van der Waals surface area contributed by atoms with E-state index in [1.807, 2.05) is 0 Å². The number of benzene rings is 1. The smallest absolute Gasteiger partial charge is 0.303 e. The lowest BCUT2D eigenvalue weighted by Crippen LogP contribution is -2.18. The highest BCUT2D eigenvalue weighted by Gasteiger charge is 2.22. The Balaban J connectivity index is 2.27. The molecule has 1 fully saturated rings. The van der Waals surface area contributed by atoms with Crippen molar-refractivity contribution in [2.45, 2.75) is 18.2 Å². The van der Waals surface area contributed by atoms with Crippen LogP contribution in [-0.2, 0) is 0 Å². The first-order valence-electron chi connectivity index (χ1n) is 5.28. The minimum Gasteiger partial charge on any atom is -0.303 e. The van der Waals surface area contributed by atoms with Crippen molar-refractivity contribution >= 4 is 22.8 Å². The van der Waals surface area contributed by atoms with Crippen LogP contribution in [0.15, 0.2) is 23.0 Å². The van der Waals surface area contributed by atoms with E-state index in [-0.39, 0.29) is 16.9 Å². The molecule has 1 atom stereocenters. The van der Waals surface area contributed by atoms with E-state index in [4.69, 9.17) is 0 Å². The van der Waals surface area contributed by atoms with Crippen molar-refractivity contribution in [3.63, 3.8) is 0 Å². The highest BCUT2D eigenvalue weighted by atomic mass is 32.2. The number of imidazole rings is 1. The quantitative estimate of drug-likeness (QED) is 0.828. The van der Waals surface area contributed by atoms with Crippen LogP contribution in [0.5, 0.6) is 0 Å². The maximum absolute atomic E-state index is 13.5. The van der Waals surface area contributed by atoms with Crippen molar-refractivity contribution in [2.24, 2.45) is 0 Å². The van der Waals surface area contributed by atoms with Crippen molar-refractivity contribution in [1.29, 1.82) is 0 Å². The van der Waals surface area contributed by atoms with Gasteiger partial charge in [-0.25, -0.2) is 9.18 Å². The van der Waals surface area contributed by atoms with Crippen LogP contribution in [0.1, 0.15) is 18.2 Å². The van der Waals surface area contributed by atoms with Gasteiger partial charge in [-0.1, -0.05) is 6.07 Å². The van der Waals surface area contributed by atoms with Crippen molar-refractivity contribution in [3.8, 4) is 0 Å². The van der Waals surface area contributed by atoms with Crippen molar-refractivity contribution in [1.82, 2.24) is 9.55 Å². The van der Waals surface area contributed by atoms with E-state index < -0.39 is 0 Å². The Kier molecular flexibility index (Phi) is 2.28. The molecule has 1 aliphatic rings. The average molecular weight is 238 g/mol. The van der Waals surface area contributed by atoms with Crippen molar-refractivity contribution < 1.29 is 4.39 Å². The van der Waals surface area contributed by atoms with Crippen LogP contribution in [0, 0.1) is 5.82 Å². The third-order valence-corrected chi connectivity index (χ3v) is 4.25. The van der Waals surface area contributed by atoms with Gasteiger partial charge in [0.15, 0.2) is 0 Å². The van der Waals surface area contributed by atoms with Gasteiger partial charge < -0.3 is 4.98 Å². The molecule has 1 aliphatic heterocycles. The number of halogens is 1. The normalized spacial score (nSPS) is 20.7. The van der Waals surface area contributed by atoms with Gasteiger partial charge in [-0.3, -0.25) is 4.57 Å². The number of aromatic nitrogens is 2. The minimum atomic E-state index is -0.364. The summed E-state index contributed by atoms with van der Waals surface area (Å²) in [6.07, 6.45) is 2.10. The van der Waals surface area contributed by atoms with Crippen LogP contribution in [0.25, 0.3) is 11.0 Å². The largest absolute Gasteiger partial charge is 0.327 e. The lowest BCUT2D eigenvalue weighted by atomic mass is 10.3. The summed E-state index contributed by atoms with van der Waals surface area (Å²) in [5, 5.41) is 0.156. The summed E-state index contributed by atoms with van der Waals surface area (Å²) in [5.41, 5.74) is 0.781. The van der Waals surface area contributed by atoms with Gasteiger partial charge in [0.25, 0.3) is 0 Å². The summed E-state index contributed by atoms with van der Waals surface area (Å²) in [4.78, 5) is 14.4.